The van der Waals surface area contributed by atoms with Gasteiger partial charge >= 0.3 is 6.09 Å². The topological polar surface area (TPSA) is 38.3 Å². The molecule has 0 aromatic rings. The molecule has 3 heteroatoms. The van der Waals surface area contributed by atoms with Crippen LogP contribution in [0.25, 0.3) is 0 Å². The van der Waals surface area contributed by atoms with Crippen molar-refractivity contribution >= 4 is 6.09 Å². The molecule has 2 aliphatic rings. The van der Waals surface area contributed by atoms with Gasteiger partial charge in [-0.05, 0) is 33.1 Å². The number of hydrogen-bond donors (Lipinski definition) is 1. The molecule has 0 bridgehead atoms. The minimum atomic E-state index is -0.399. The van der Waals surface area contributed by atoms with Crippen LogP contribution in [0.3, 0.4) is 0 Å². The lowest BCUT2D eigenvalue weighted by atomic mass is 10.2. The van der Waals surface area contributed by atoms with Crippen LogP contribution < -0.4 is 5.32 Å². The Labute approximate surface area is 84.5 Å². The zero-order chi connectivity index (χ0) is 10.3. The van der Waals surface area contributed by atoms with Crippen LogP contribution in [0.2, 0.25) is 0 Å². The normalized spacial score (nSPS) is 33.8. The van der Waals surface area contributed by atoms with Gasteiger partial charge in [0.15, 0.2) is 0 Å². The van der Waals surface area contributed by atoms with Crippen molar-refractivity contribution in [2.24, 2.45) is 11.8 Å². The molecule has 1 fully saturated rings. The van der Waals surface area contributed by atoms with E-state index in [1.165, 1.54) is 0 Å². The molecule has 0 spiro atoms. The second-order valence-corrected chi connectivity index (χ2v) is 5.08. The van der Waals surface area contributed by atoms with Crippen LogP contribution >= 0.6 is 0 Å². The van der Waals surface area contributed by atoms with E-state index >= 15 is 0 Å². The van der Waals surface area contributed by atoms with E-state index in [2.05, 4.69) is 17.5 Å². The predicted molar refractivity (Wildman–Crippen MR) is 53.9 cm³/mol. The van der Waals surface area contributed by atoms with Crippen molar-refractivity contribution in [3.63, 3.8) is 0 Å². The monoisotopic (exact) mass is 195 g/mol. The third-order valence-electron chi connectivity index (χ3n) is 2.68. The fourth-order valence-corrected chi connectivity index (χ4v) is 2.01. The lowest BCUT2D eigenvalue weighted by Gasteiger charge is -2.19. The summed E-state index contributed by atoms with van der Waals surface area (Å²) in [6.45, 7) is 5.63. The van der Waals surface area contributed by atoms with E-state index in [9.17, 15) is 4.79 Å². The number of fused-ring (bicyclic) bond motifs is 1. The molecule has 0 aromatic carbocycles. The fourth-order valence-electron chi connectivity index (χ4n) is 2.01. The van der Waals surface area contributed by atoms with Crippen LogP contribution in [0.4, 0.5) is 4.79 Å². The Kier molecular flexibility index (Phi) is 2.05. The third-order valence-corrected chi connectivity index (χ3v) is 2.68. The van der Waals surface area contributed by atoms with Gasteiger partial charge in [-0.3, -0.25) is 0 Å². The number of allylic oxidation sites excluding steroid dienone is 1. The molecule has 2 rings (SSSR count). The maximum atomic E-state index is 11.4. The van der Waals surface area contributed by atoms with Crippen molar-refractivity contribution in [3.8, 4) is 0 Å². The number of ether oxygens (including phenoxy) is 1. The van der Waals surface area contributed by atoms with E-state index in [0.29, 0.717) is 17.9 Å². The summed E-state index contributed by atoms with van der Waals surface area (Å²) in [7, 11) is 0. The van der Waals surface area contributed by atoms with Gasteiger partial charge in [-0.15, -0.1) is 0 Å². The Morgan fingerprint density at radius 3 is 2.71 bits per heavy atom. The van der Waals surface area contributed by atoms with Gasteiger partial charge in [0.1, 0.15) is 5.60 Å². The molecule has 78 valence electrons. The molecule has 0 aromatic heterocycles. The zero-order valence-electron chi connectivity index (χ0n) is 8.91. The molecular weight excluding hydrogens is 178 g/mol. The lowest BCUT2D eigenvalue weighted by molar-refractivity contribution is 0.0519. The quantitative estimate of drug-likeness (QED) is 0.650. The van der Waals surface area contributed by atoms with Crippen LogP contribution in [-0.4, -0.2) is 17.7 Å². The number of amides is 1. The largest absolute Gasteiger partial charge is 0.444 e. The van der Waals surface area contributed by atoms with E-state index in [0.717, 1.165) is 6.42 Å². The number of nitrogens with one attached hydrogen (secondary N) is 1. The van der Waals surface area contributed by atoms with Crippen LogP contribution in [0.5, 0.6) is 0 Å². The highest BCUT2D eigenvalue weighted by Crippen LogP contribution is 2.47. The first-order chi connectivity index (χ1) is 6.47. The van der Waals surface area contributed by atoms with Crippen LogP contribution in [0, 0.1) is 11.8 Å². The van der Waals surface area contributed by atoms with Gasteiger partial charge in [-0.25, -0.2) is 4.79 Å². The third kappa shape index (κ3) is 1.91. The summed E-state index contributed by atoms with van der Waals surface area (Å²) in [6, 6.07) is 0.329. The summed E-state index contributed by atoms with van der Waals surface area (Å²) >= 11 is 0. The SMILES string of the molecule is CC(C)(C)OC(=O)NC1C2C=CCC21. The van der Waals surface area contributed by atoms with Crippen molar-refractivity contribution in [2.45, 2.75) is 38.8 Å². The first-order valence-electron chi connectivity index (χ1n) is 5.13. The molecule has 0 saturated heterocycles. The van der Waals surface area contributed by atoms with E-state index in [1.54, 1.807) is 0 Å². The van der Waals surface area contributed by atoms with Gasteiger partial charge in [0.25, 0.3) is 0 Å². The molecule has 3 nitrogen and oxygen atoms in total. The average Bonchev–Trinajstić information content (AvgIpc) is 2.50. The van der Waals surface area contributed by atoms with E-state index < -0.39 is 5.60 Å². The first kappa shape index (κ1) is 9.56. The molecule has 14 heavy (non-hydrogen) atoms. The van der Waals surface area contributed by atoms with Gasteiger partial charge in [0, 0.05) is 12.0 Å². The lowest BCUT2D eigenvalue weighted by Crippen LogP contribution is -2.35. The van der Waals surface area contributed by atoms with Crippen molar-refractivity contribution in [2.75, 3.05) is 0 Å². The first-order valence-corrected chi connectivity index (χ1v) is 5.13. The Morgan fingerprint density at radius 2 is 2.21 bits per heavy atom. The van der Waals surface area contributed by atoms with Crippen molar-refractivity contribution in [1.29, 1.82) is 0 Å². The predicted octanol–water partition coefficient (Wildman–Crippen LogP) is 2.09. The van der Waals surface area contributed by atoms with Crippen molar-refractivity contribution < 1.29 is 9.53 Å². The Hall–Kier alpha value is -0.990. The van der Waals surface area contributed by atoms with Gasteiger partial charge in [-0.2, -0.15) is 0 Å². The van der Waals surface area contributed by atoms with E-state index in [1.807, 2.05) is 20.8 Å². The summed E-state index contributed by atoms with van der Waals surface area (Å²) < 4.78 is 5.18. The fraction of sp³-hybridized carbons (Fsp3) is 0.727. The van der Waals surface area contributed by atoms with Crippen LogP contribution in [-0.2, 0) is 4.74 Å². The molecule has 3 atom stereocenters. The molecule has 1 amide bonds. The second kappa shape index (κ2) is 3.01. The highest BCUT2D eigenvalue weighted by atomic mass is 16.6. The smallest absolute Gasteiger partial charge is 0.407 e. The average molecular weight is 195 g/mol. The highest BCUT2D eigenvalue weighted by Gasteiger charge is 2.51. The second-order valence-electron chi connectivity index (χ2n) is 5.08. The summed E-state index contributed by atoms with van der Waals surface area (Å²) in [5, 5.41) is 2.90. The molecule has 0 radical (unpaired) electrons. The maximum Gasteiger partial charge on any atom is 0.407 e. The standard InChI is InChI=1S/C11H17NO2/c1-11(2,3)14-10(13)12-9-7-5-4-6-8(7)9/h4-5,7-9H,6H2,1-3H3,(H,12,13). The Bertz CT molecular complexity index is 278. The molecule has 0 heterocycles. The molecular formula is C11H17NO2. The van der Waals surface area contributed by atoms with Crippen molar-refractivity contribution in [1.82, 2.24) is 5.32 Å². The molecule has 1 saturated carbocycles. The van der Waals surface area contributed by atoms with E-state index in [-0.39, 0.29) is 6.09 Å². The van der Waals surface area contributed by atoms with Gasteiger partial charge in [-0.1, -0.05) is 12.2 Å². The summed E-state index contributed by atoms with van der Waals surface area (Å²) in [6.07, 6.45) is 5.19. The summed E-state index contributed by atoms with van der Waals surface area (Å²) in [5.74, 6) is 1.21. The summed E-state index contributed by atoms with van der Waals surface area (Å²) in [4.78, 5) is 11.4. The minimum Gasteiger partial charge on any atom is -0.444 e. The number of carbonyl (C=O) groups is 1. The Balaban J connectivity index is 1.77. The maximum absolute atomic E-state index is 11.4. The number of hydrogen-bond acceptors (Lipinski definition) is 2. The Morgan fingerprint density at radius 1 is 1.50 bits per heavy atom. The zero-order valence-corrected chi connectivity index (χ0v) is 8.91. The molecule has 2 aliphatic carbocycles. The molecule has 1 N–H and O–H groups in total. The number of alkyl carbamates (subject to hydrolysis) is 1. The summed E-state index contributed by atoms with van der Waals surface area (Å²) in [5.41, 5.74) is -0.399. The number of rotatable bonds is 1. The van der Waals surface area contributed by atoms with E-state index in [4.69, 9.17) is 4.74 Å². The number of carbonyl (C=O) groups excluding carboxylic acids is 1. The van der Waals surface area contributed by atoms with Crippen molar-refractivity contribution in [3.05, 3.63) is 12.2 Å². The molecule has 0 aliphatic heterocycles. The van der Waals surface area contributed by atoms with Crippen LogP contribution in [0.1, 0.15) is 27.2 Å². The van der Waals surface area contributed by atoms with Gasteiger partial charge in [0.2, 0.25) is 0 Å². The van der Waals surface area contributed by atoms with Crippen LogP contribution in [0.15, 0.2) is 12.2 Å². The van der Waals surface area contributed by atoms with Gasteiger partial charge < -0.3 is 10.1 Å². The molecule has 3 unspecified atom stereocenters. The highest BCUT2D eigenvalue weighted by molar-refractivity contribution is 5.69. The minimum absolute atomic E-state index is 0.287. The van der Waals surface area contributed by atoms with Gasteiger partial charge in [0.05, 0.1) is 0 Å².